The van der Waals surface area contributed by atoms with E-state index in [4.69, 9.17) is 17.3 Å². The molecule has 0 unspecified atom stereocenters. The highest BCUT2D eigenvalue weighted by Crippen LogP contribution is 2.26. The Bertz CT molecular complexity index is 775. The van der Waals surface area contributed by atoms with Crippen molar-refractivity contribution in [3.63, 3.8) is 0 Å². The molecule has 0 aliphatic heterocycles. The Balaban J connectivity index is 2.12. The molecular formula is C16H14N2O4S. The summed E-state index contributed by atoms with van der Waals surface area (Å²) in [5, 5.41) is 24.0. The fourth-order valence-corrected chi connectivity index (χ4v) is 2.15. The van der Waals surface area contributed by atoms with Crippen molar-refractivity contribution in [2.24, 2.45) is 0 Å². The summed E-state index contributed by atoms with van der Waals surface area (Å²) in [7, 11) is 0. The first-order valence-corrected chi connectivity index (χ1v) is 7.03. The van der Waals surface area contributed by atoms with E-state index in [2.05, 4.69) is 10.6 Å². The molecule has 0 saturated carbocycles. The van der Waals surface area contributed by atoms with E-state index in [1.54, 1.807) is 37.3 Å². The first kappa shape index (κ1) is 16.4. The molecule has 2 aromatic rings. The zero-order valence-electron chi connectivity index (χ0n) is 12.2. The number of carboxylic acids is 1. The number of nitrogens with one attached hydrogen (secondary N) is 2. The lowest BCUT2D eigenvalue weighted by Crippen LogP contribution is -2.34. The predicted octanol–water partition coefficient (Wildman–Crippen LogP) is 2.53. The molecule has 23 heavy (non-hydrogen) atoms. The van der Waals surface area contributed by atoms with E-state index >= 15 is 0 Å². The van der Waals surface area contributed by atoms with E-state index in [1.807, 2.05) is 0 Å². The van der Waals surface area contributed by atoms with Gasteiger partial charge in [-0.2, -0.15) is 0 Å². The highest BCUT2D eigenvalue weighted by molar-refractivity contribution is 7.80. The van der Waals surface area contributed by atoms with Crippen molar-refractivity contribution in [1.29, 1.82) is 0 Å². The molecule has 0 radical (unpaired) electrons. The third-order valence-corrected chi connectivity index (χ3v) is 3.26. The van der Waals surface area contributed by atoms with Crippen LogP contribution in [0.5, 0.6) is 5.75 Å². The topological polar surface area (TPSA) is 98.7 Å². The average Bonchev–Trinajstić information content (AvgIpc) is 2.51. The molecule has 6 nitrogen and oxygen atoms in total. The van der Waals surface area contributed by atoms with Crippen molar-refractivity contribution >= 4 is 34.9 Å². The van der Waals surface area contributed by atoms with E-state index < -0.39 is 5.97 Å². The second kappa shape index (κ2) is 6.89. The molecule has 7 heteroatoms. The van der Waals surface area contributed by atoms with Gasteiger partial charge in [0, 0.05) is 11.3 Å². The standard InChI is InChI=1S/C16H14N2O4S/c1-9-7-11(8-12(13(9)19)15(21)22)17-16(23)18-14(20)10-5-3-2-4-6-10/h2-8,19H,1H3,(H,21,22)(H2,17,18,20,23). The number of hydrogen-bond acceptors (Lipinski definition) is 4. The number of aryl methyl sites for hydroxylation is 1. The fourth-order valence-electron chi connectivity index (χ4n) is 1.94. The van der Waals surface area contributed by atoms with Crippen molar-refractivity contribution in [2.75, 3.05) is 5.32 Å². The Hall–Kier alpha value is -2.93. The van der Waals surface area contributed by atoms with E-state index in [-0.39, 0.29) is 22.3 Å². The monoisotopic (exact) mass is 330 g/mol. The minimum Gasteiger partial charge on any atom is -0.507 e. The van der Waals surface area contributed by atoms with Crippen LogP contribution in [0.15, 0.2) is 42.5 Å². The molecule has 0 saturated heterocycles. The summed E-state index contributed by atoms with van der Waals surface area (Å²) >= 11 is 5.04. The first-order chi connectivity index (χ1) is 10.9. The number of rotatable bonds is 3. The van der Waals surface area contributed by atoms with Crippen LogP contribution in [0.3, 0.4) is 0 Å². The van der Waals surface area contributed by atoms with E-state index in [0.717, 1.165) is 0 Å². The van der Waals surface area contributed by atoms with Crippen molar-refractivity contribution < 1.29 is 19.8 Å². The van der Waals surface area contributed by atoms with Gasteiger partial charge in [0.05, 0.1) is 0 Å². The molecule has 2 aromatic carbocycles. The van der Waals surface area contributed by atoms with Crippen LogP contribution >= 0.6 is 12.2 Å². The summed E-state index contributed by atoms with van der Waals surface area (Å²) in [5.41, 5.74) is 0.940. The number of anilines is 1. The maximum absolute atomic E-state index is 12.0. The fraction of sp³-hybridized carbons (Fsp3) is 0.0625. The maximum Gasteiger partial charge on any atom is 0.339 e. The summed E-state index contributed by atoms with van der Waals surface area (Å²) in [6.45, 7) is 1.57. The van der Waals surface area contributed by atoms with Gasteiger partial charge >= 0.3 is 5.97 Å². The van der Waals surface area contributed by atoms with Gasteiger partial charge in [-0.15, -0.1) is 0 Å². The van der Waals surface area contributed by atoms with E-state index in [0.29, 0.717) is 16.8 Å². The Morgan fingerprint density at radius 1 is 1.13 bits per heavy atom. The van der Waals surface area contributed by atoms with Crippen LogP contribution < -0.4 is 10.6 Å². The molecule has 2 rings (SSSR count). The van der Waals surface area contributed by atoms with Crippen LogP contribution in [0.2, 0.25) is 0 Å². The number of aromatic hydroxyl groups is 1. The number of aromatic carboxylic acids is 1. The number of benzene rings is 2. The van der Waals surface area contributed by atoms with Crippen LogP contribution in [0.4, 0.5) is 5.69 Å². The highest BCUT2D eigenvalue weighted by atomic mass is 32.1. The average molecular weight is 330 g/mol. The quantitative estimate of drug-likeness (QED) is 0.510. The maximum atomic E-state index is 12.0. The van der Waals surface area contributed by atoms with Crippen LogP contribution in [0, 0.1) is 6.92 Å². The zero-order chi connectivity index (χ0) is 17.0. The summed E-state index contributed by atoms with van der Waals surface area (Å²) in [6.07, 6.45) is 0. The molecule has 0 atom stereocenters. The highest BCUT2D eigenvalue weighted by Gasteiger charge is 2.14. The van der Waals surface area contributed by atoms with Crippen molar-refractivity contribution in [2.45, 2.75) is 6.92 Å². The van der Waals surface area contributed by atoms with Gasteiger partial charge in [0.2, 0.25) is 0 Å². The molecule has 1 amide bonds. The number of amides is 1. The summed E-state index contributed by atoms with van der Waals surface area (Å²) in [4.78, 5) is 23.1. The van der Waals surface area contributed by atoms with Gasteiger partial charge in [-0.05, 0) is 49.0 Å². The number of carbonyl (C=O) groups excluding carboxylic acids is 1. The Morgan fingerprint density at radius 3 is 2.39 bits per heavy atom. The zero-order valence-corrected chi connectivity index (χ0v) is 13.0. The van der Waals surface area contributed by atoms with Gasteiger partial charge < -0.3 is 15.5 Å². The second-order valence-electron chi connectivity index (χ2n) is 4.77. The van der Waals surface area contributed by atoms with Crippen molar-refractivity contribution in [3.05, 3.63) is 59.2 Å². The van der Waals surface area contributed by atoms with Crippen molar-refractivity contribution in [1.82, 2.24) is 5.32 Å². The number of hydrogen-bond donors (Lipinski definition) is 4. The summed E-state index contributed by atoms with van der Waals surface area (Å²) < 4.78 is 0. The molecule has 0 aliphatic rings. The Kier molecular flexibility index (Phi) is 4.92. The van der Waals surface area contributed by atoms with Gasteiger partial charge in [-0.25, -0.2) is 4.79 Å². The van der Waals surface area contributed by atoms with Crippen LogP contribution in [-0.4, -0.2) is 27.2 Å². The van der Waals surface area contributed by atoms with Gasteiger partial charge in [0.15, 0.2) is 5.11 Å². The lowest BCUT2D eigenvalue weighted by molar-refractivity contribution is 0.0693. The molecule has 0 bridgehead atoms. The predicted molar refractivity (Wildman–Crippen MR) is 89.9 cm³/mol. The molecule has 0 aliphatic carbocycles. The van der Waals surface area contributed by atoms with Gasteiger partial charge in [0.1, 0.15) is 11.3 Å². The largest absolute Gasteiger partial charge is 0.507 e. The lowest BCUT2D eigenvalue weighted by atomic mass is 10.1. The van der Waals surface area contributed by atoms with Crippen LogP contribution in [-0.2, 0) is 0 Å². The van der Waals surface area contributed by atoms with Gasteiger partial charge in [-0.1, -0.05) is 18.2 Å². The second-order valence-corrected chi connectivity index (χ2v) is 5.18. The van der Waals surface area contributed by atoms with Crippen molar-refractivity contribution in [3.8, 4) is 5.75 Å². The minimum atomic E-state index is -1.26. The minimum absolute atomic E-state index is 0.0280. The summed E-state index contributed by atoms with van der Waals surface area (Å²) in [6, 6.07) is 11.3. The Labute approximate surface area is 137 Å². The molecule has 0 heterocycles. The number of thiocarbonyl (C=S) groups is 1. The third-order valence-electron chi connectivity index (χ3n) is 3.05. The number of carboxylic acid groups (broad SMARTS) is 1. The Morgan fingerprint density at radius 2 is 1.78 bits per heavy atom. The normalized spacial score (nSPS) is 9.96. The molecule has 4 N–H and O–H groups in total. The number of phenols is 1. The third kappa shape index (κ3) is 4.04. The molecule has 0 fully saturated rings. The van der Waals surface area contributed by atoms with Crippen LogP contribution in [0.25, 0.3) is 0 Å². The SMILES string of the molecule is Cc1cc(NC(=S)NC(=O)c2ccccc2)cc(C(=O)O)c1O. The van der Waals surface area contributed by atoms with E-state index in [1.165, 1.54) is 12.1 Å². The van der Waals surface area contributed by atoms with Crippen LogP contribution in [0.1, 0.15) is 26.3 Å². The number of carbonyl (C=O) groups is 2. The molecule has 0 spiro atoms. The lowest BCUT2D eigenvalue weighted by Gasteiger charge is -2.12. The summed E-state index contributed by atoms with van der Waals surface area (Å²) in [5.74, 6) is -1.94. The smallest absolute Gasteiger partial charge is 0.339 e. The molecule has 0 aromatic heterocycles. The first-order valence-electron chi connectivity index (χ1n) is 6.62. The van der Waals surface area contributed by atoms with Gasteiger partial charge in [0.25, 0.3) is 5.91 Å². The van der Waals surface area contributed by atoms with Gasteiger partial charge in [-0.3, -0.25) is 10.1 Å². The molecular weight excluding hydrogens is 316 g/mol. The van der Waals surface area contributed by atoms with E-state index in [9.17, 15) is 14.7 Å². The molecule has 118 valence electrons.